The number of rotatable bonds is 9. The Morgan fingerprint density at radius 1 is 1.33 bits per heavy atom. The summed E-state index contributed by atoms with van der Waals surface area (Å²) in [5.41, 5.74) is 0.792. The molecule has 1 aromatic rings. The van der Waals surface area contributed by atoms with Crippen molar-refractivity contribution in [3.63, 3.8) is 0 Å². The molecule has 1 rings (SSSR count). The van der Waals surface area contributed by atoms with Crippen molar-refractivity contribution in [3.05, 3.63) is 23.8 Å². The van der Waals surface area contributed by atoms with Crippen LogP contribution in [0.2, 0.25) is 0 Å². The summed E-state index contributed by atoms with van der Waals surface area (Å²) in [6.07, 6.45) is 0. The normalized spacial score (nSPS) is 13.1. The molecular formula is C14H24N2O4S. The highest BCUT2D eigenvalue weighted by molar-refractivity contribution is 7.89. The van der Waals surface area contributed by atoms with Crippen LogP contribution >= 0.6 is 0 Å². The van der Waals surface area contributed by atoms with E-state index < -0.39 is 10.0 Å². The number of methoxy groups -OCH3 is 1. The van der Waals surface area contributed by atoms with E-state index in [1.807, 2.05) is 6.92 Å². The average Bonchev–Trinajstić information content (AvgIpc) is 2.45. The molecule has 0 aliphatic rings. The van der Waals surface area contributed by atoms with E-state index >= 15 is 0 Å². The van der Waals surface area contributed by atoms with Gasteiger partial charge in [0.2, 0.25) is 10.0 Å². The molecule has 2 N–H and O–H groups in total. The smallest absolute Gasteiger partial charge is 0.240 e. The van der Waals surface area contributed by atoms with Crippen molar-refractivity contribution < 1.29 is 17.9 Å². The number of benzene rings is 1. The number of sulfonamides is 1. The van der Waals surface area contributed by atoms with Crippen LogP contribution < -0.4 is 14.8 Å². The third kappa shape index (κ3) is 5.28. The van der Waals surface area contributed by atoms with Crippen LogP contribution in [0, 0.1) is 0 Å². The summed E-state index contributed by atoms with van der Waals surface area (Å²) >= 11 is 0. The SMILES string of the molecule is CCOCC(C)NS(=O)(=O)c1ccc(OC)c(CNC)c1. The highest BCUT2D eigenvalue weighted by Gasteiger charge is 2.19. The lowest BCUT2D eigenvalue weighted by atomic mass is 10.2. The summed E-state index contributed by atoms with van der Waals surface area (Å²) < 4.78 is 37.7. The molecule has 1 unspecified atom stereocenters. The van der Waals surface area contributed by atoms with Crippen molar-refractivity contribution in [2.45, 2.75) is 31.3 Å². The molecule has 0 radical (unpaired) electrons. The molecular weight excluding hydrogens is 292 g/mol. The van der Waals surface area contributed by atoms with Crippen molar-refractivity contribution in [1.29, 1.82) is 0 Å². The van der Waals surface area contributed by atoms with E-state index in [0.29, 0.717) is 25.5 Å². The molecule has 0 fully saturated rings. The standard InChI is InChI=1S/C14H24N2O4S/c1-5-20-10-11(2)16-21(17,18)13-6-7-14(19-4)12(8-13)9-15-3/h6-8,11,15-16H,5,9-10H2,1-4H3. The molecule has 120 valence electrons. The van der Waals surface area contributed by atoms with Crippen molar-refractivity contribution in [3.8, 4) is 5.75 Å². The van der Waals surface area contributed by atoms with Gasteiger partial charge < -0.3 is 14.8 Å². The van der Waals surface area contributed by atoms with Crippen LogP contribution in [0.4, 0.5) is 0 Å². The minimum atomic E-state index is -3.57. The zero-order valence-corrected chi connectivity index (χ0v) is 13.8. The second kappa shape index (κ2) is 8.33. The lowest BCUT2D eigenvalue weighted by molar-refractivity contribution is 0.133. The van der Waals surface area contributed by atoms with Crippen molar-refractivity contribution in [1.82, 2.24) is 10.0 Å². The monoisotopic (exact) mass is 316 g/mol. The van der Waals surface area contributed by atoms with Crippen LogP contribution in [0.5, 0.6) is 5.75 Å². The second-order valence-electron chi connectivity index (χ2n) is 4.69. The van der Waals surface area contributed by atoms with Crippen LogP contribution in [0.1, 0.15) is 19.4 Å². The first-order valence-corrected chi connectivity index (χ1v) is 8.34. The van der Waals surface area contributed by atoms with Gasteiger partial charge in [-0.05, 0) is 39.1 Å². The Hall–Kier alpha value is -1.15. The Bertz CT molecular complexity index is 546. The topological polar surface area (TPSA) is 76.7 Å². The molecule has 7 heteroatoms. The van der Waals surface area contributed by atoms with E-state index in [4.69, 9.17) is 9.47 Å². The third-order valence-corrected chi connectivity index (χ3v) is 4.44. The maximum absolute atomic E-state index is 12.3. The Labute approximate surface area is 126 Å². The van der Waals surface area contributed by atoms with Crippen LogP contribution in [0.15, 0.2) is 23.1 Å². The van der Waals surface area contributed by atoms with E-state index in [2.05, 4.69) is 10.0 Å². The maximum atomic E-state index is 12.3. The predicted octanol–water partition coefficient (Wildman–Crippen LogP) is 1.12. The quantitative estimate of drug-likeness (QED) is 0.714. The van der Waals surface area contributed by atoms with Gasteiger partial charge in [0.25, 0.3) is 0 Å². The van der Waals surface area contributed by atoms with E-state index in [1.54, 1.807) is 33.2 Å². The average molecular weight is 316 g/mol. The molecule has 0 saturated heterocycles. The highest BCUT2D eigenvalue weighted by atomic mass is 32.2. The fourth-order valence-electron chi connectivity index (χ4n) is 1.91. The molecule has 0 aliphatic heterocycles. The van der Waals surface area contributed by atoms with Crippen LogP contribution in [0.3, 0.4) is 0 Å². The zero-order chi connectivity index (χ0) is 15.9. The Kier molecular flexibility index (Phi) is 7.10. The fourth-order valence-corrected chi connectivity index (χ4v) is 3.19. The maximum Gasteiger partial charge on any atom is 0.240 e. The molecule has 0 heterocycles. The van der Waals surface area contributed by atoms with Crippen LogP contribution in [0.25, 0.3) is 0 Å². The molecule has 0 saturated carbocycles. The predicted molar refractivity (Wildman–Crippen MR) is 82.0 cm³/mol. The first-order chi connectivity index (χ1) is 9.94. The summed E-state index contributed by atoms with van der Waals surface area (Å²) in [6.45, 7) is 5.07. The lowest BCUT2D eigenvalue weighted by Crippen LogP contribution is -2.36. The zero-order valence-electron chi connectivity index (χ0n) is 13.0. The molecule has 0 spiro atoms. The minimum Gasteiger partial charge on any atom is -0.496 e. The molecule has 1 aromatic carbocycles. The molecule has 0 aromatic heterocycles. The van der Waals surface area contributed by atoms with Crippen LogP contribution in [-0.4, -0.2) is 41.8 Å². The van der Waals surface area contributed by atoms with Gasteiger partial charge in [0.1, 0.15) is 5.75 Å². The van der Waals surface area contributed by atoms with Gasteiger partial charge in [0.15, 0.2) is 0 Å². The summed E-state index contributed by atoms with van der Waals surface area (Å²) in [6, 6.07) is 4.53. The van der Waals surface area contributed by atoms with Gasteiger partial charge in [-0.1, -0.05) is 0 Å². The van der Waals surface area contributed by atoms with Gasteiger partial charge in [0.05, 0.1) is 18.6 Å². The van der Waals surface area contributed by atoms with Gasteiger partial charge in [0, 0.05) is 24.8 Å². The van der Waals surface area contributed by atoms with Gasteiger partial charge in [-0.15, -0.1) is 0 Å². The molecule has 0 amide bonds. The van der Waals surface area contributed by atoms with E-state index in [-0.39, 0.29) is 10.9 Å². The van der Waals surface area contributed by atoms with Gasteiger partial charge in [-0.25, -0.2) is 13.1 Å². The first-order valence-electron chi connectivity index (χ1n) is 6.86. The molecule has 0 aliphatic carbocycles. The van der Waals surface area contributed by atoms with Crippen molar-refractivity contribution in [2.75, 3.05) is 27.4 Å². The van der Waals surface area contributed by atoms with Crippen molar-refractivity contribution >= 4 is 10.0 Å². The number of hydrogen-bond donors (Lipinski definition) is 2. The second-order valence-corrected chi connectivity index (χ2v) is 6.40. The Morgan fingerprint density at radius 2 is 2.05 bits per heavy atom. The molecule has 1 atom stereocenters. The summed E-state index contributed by atoms with van der Waals surface area (Å²) in [5.74, 6) is 0.658. The molecule has 21 heavy (non-hydrogen) atoms. The number of ether oxygens (including phenoxy) is 2. The largest absolute Gasteiger partial charge is 0.496 e. The first kappa shape index (κ1) is 17.9. The van der Waals surface area contributed by atoms with Gasteiger partial charge in [-0.2, -0.15) is 0 Å². The van der Waals surface area contributed by atoms with Crippen LogP contribution in [-0.2, 0) is 21.3 Å². The van der Waals surface area contributed by atoms with E-state index in [0.717, 1.165) is 5.56 Å². The summed E-state index contributed by atoms with van der Waals surface area (Å²) in [4.78, 5) is 0.219. The molecule has 6 nitrogen and oxygen atoms in total. The third-order valence-electron chi connectivity index (χ3n) is 2.86. The van der Waals surface area contributed by atoms with E-state index in [9.17, 15) is 8.42 Å². The summed E-state index contributed by atoms with van der Waals surface area (Å²) in [7, 11) is -0.214. The molecule has 0 bridgehead atoms. The number of nitrogens with one attached hydrogen (secondary N) is 2. The van der Waals surface area contributed by atoms with E-state index in [1.165, 1.54) is 6.07 Å². The van der Waals surface area contributed by atoms with Gasteiger partial charge in [-0.3, -0.25) is 0 Å². The summed E-state index contributed by atoms with van der Waals surface area (Å²) in [5, 5.41) is 2.99. The Balaban J connectivity index is 2.94. The van der Waals surface area contributed by atoms with Crippen molar-refractivity contribution in [2.24, 2.45) is 0 Å². The Morgan fingerprint density at radius 3 is 2.62 bits per heavy atom. The fraction of sp³-hybridized carbons (Fsp3) is 0.571. The number of hydrogen-bond acceptors (Lipinski definition) is 5. The van der Waals surface area contributed by atoms with Gasteiger partial charge >= 0.3 is 0 Å². The highest BCUT2D eigenvalue weighted by Crippen LogP contribution is 2.22. The minimum absolute atomic E-state index is 0.219. The lowest BCUT2D eigenvalue weighted by Gasteiger charge is -2.15.